The summed E-state index contributed by atoms with van der Waals surface area (Å²) >= 11 is 0. The van der Waals surface area contributed by atoms with Gasteiger partial charge in [-0.3, -0.25) is 10.3 Å². The predicted molar refractivity (Wildman–Crippen MR) is 71.8 cm³/mol. The maximum absolute atomic E-state index is 13.8. The highest BCUT2D eigenvalue weighted by Crippen LogP contribution is 2.17. The Morgan fingerprint density at radius 3 is 2.48 bits per heavy atom. The van der Waals surface area contributed by atoms with Crippen LogP contribution in [0.5, 0.6) is 0 Å². The van der Waals surface area contributed by atoms with Gasteiger partial charge in [0.05, 0.1) is 6.42 Å². The van der Waals surface area contributed by atoms with Crippen molar-refractivity contribution in [3.8, 4) is 0 Å². The molecular weight excluding hydrogens is 284 g/mol. The molecule has 0 fully saturated rings. The van der Waals surface area contributed by atoms with Gasteiger partial charge in [-0.1, -0.05) is 6.07 Å². The van der Waals surface area contributed by atoms with Gasteiger partial charge in [0.15, 0.2) is 0 Å². The van der Waals surface area contributed by atoms with Crippen molar-refractivity contribution in [2.45, 2.75) is 39.2 Å². The van der Waals surface area contributed by atoms with Crippen LogP contribution in [0.4, 0.5) is 19.4 Å². The average Bonchev–Trinajstić information content (AvgIpc) is 2.35. The Balaban J connectivity index is 2.65. The first-order valence-electron chi connectivity index (χ1n) is 6.31. The normalized spacial score (nSPS) is 10.9. The summed E-state index contributed by atoms with van der Waals surface area (Å²) < 4.78 is 30.3. The molecule has 5 nitrogen and oxygen atoms in total. The van der Waals surface area contributed by atoms with Crippen LogP contribution < -0.4 is 5.32 Å². The van der Waals surface area contributed by atoms with E-state index in [0.717, 1.165) is 6.07 Å². The molecule has 0 radical (unpaired) electrons. The van der Waals surface area contributed by atoms with E-state index in [1.54, 1.807) is 20.8 Å². The molecule has 21 heavy (non-hydrogen) atoms. The number of anilines is 1. The van der Waals surface area contributed by atoms with Gasteiger partial charge in [-0.2, -0.15) is 0 Å². The van der Waals surface area contributed by atoms with Crippen LogP contribution in [0, 0.1) is 5.82 Å². The lowest BCUT2D eigenvalue weighted by atomic mass is 10.1. The highest BCUT2D eigenvalue weighted by atomic mass is 19.3. The highest BCUT2D eigenvalue weighted by molar-refractivity contribution is 5.84. The molecule has 0 aromatic heterocycles. The molecule has 0 unspecified atom stereocenters. The van der Waals surface area contributed by atoms with E-state index in [1.165, 1.54) is 12.1 Å². The monoisotopic (exact) mass is 301 g/mol. The third-order valence-corrected chi connectivity index (χ3v) is 2.38. The van der Waals surface area contributed by atoms with E-state index < -0.39 is 23.5 Å². The minimum atomic E-state index is -1.06. The van der Waals surface area contributed by atoms with Crippen molar-refractivity contribution in [3.05, 3.63) is 29.6 Å². The minimum absolute atomic E-state index is 0.00129. The third-order valence-electron chi connectivity index (χ3n) is 2.38. The molecule has 1 amide bonds. The zero-order valence-corrected chi connectivity index (χ0v) is 12.0. The molecule has 116 valence electrons. The lowest BCUT2D eigenvalue weighted by Crippen LogP contribution is -2.27. The van der Waals surface area contributed by atoms with Crippen LogP contribution in [0.3, 0.4) is 0 Å². The van der Waals surface area contributed by atoms with Crippen molar-refractivity contribution < 1.29 is 28.2 Å². The molecule has 1 N–H and O–H groups in total. The van der Waals surface area contributed by atoms with E-state index in [1.807, 2.05) is 0 Å². The maximum atomic E-state index is 13.8. The summed E-state index contributed by atoms with van der Waals surface area (Å²) in [6.45, 7) is 5.13. The lowest BCUT2D eigenvalue weighted by molar-refractivity contribution is -0.183. The fraction of sp³-hybridized carbons (Fsp3) is 0.429. The number of hydrogen-bond acceptors (Lipinski definition) is 4. The Kier molecular flexibility index (Phi) is 5.63. The second-order valence-corrected chi connectivity index (χ2v) is 5.38. The van der Waals surface area contributed by atoms with Crippen LogP contribution in [0.2, 0.25) is 0 Å². The van der Waals surface area contributed by atoms with Crippen molar-refractivity contribution in [3.63, 3.8) is 0 Å². The van der Waals surface area contributed by atoms with Crippen molar-refractivity contribution in [2.75, 3.05) is 5.32 Å². The molecule has 0 aliphatic rings. The fourth-order valence-electron chi connectivity index (χ4n) is 1.52. The van der Waals surface area contributed by atoms with E-state index in [2.05, 4.69) is 10.3 Å². The van der Waals surface area contributed by atoms with E-state index in [-0.39, 0.29) is 24.1 Å². The van der Waals surface area contributed by atoms with Crippen LogP contribution >= 0.6 is 0 Å². The Hall–Kier alpha value is -2.18. The van der Waals surface area contributed by atoms with Gasteiger partial charge in [0, 0.05) is 10.2 Å². The number of halogens is 2. The minimum Gasteiger partial charge on any atom is -0.444 e. The van der Waals surface area contributed by atoms with Crippen molar-refractivity contribution in [1.82, 2.24) is 0 Å². The Morgan fingerprint density at radius 1 is 1.29 bits per heavy atom. The highest BCUT2D eigenvalue weighted by Gasteiger charge is 2.16. The SMILES string of the molecule is CC(C)(C)OC(=O)Nc1ccc(CCC(=O)OF)c(F)c1. The predicted octanol–water partition coefficient (Wildman–Crippen LogP) is 3.53. The number of amides is 1. The molecule has 0 spiro atoms. The summed E-state index contributed by atoms with van der Waals surface area (Å²) in [6.07, 6.45) is -0.969. The number of carbonyl (C=O) groups excluding carboxylic acids is 2. The van der Waals surface area contributed by atoms with Gasteiger partial charge in [0.1, 0.15) is 11.4 Å². The Bertz CT molecular complexity index is 526. The molecule has 0 heterocycles. The average molecular weight is 301 g/mol. The standard InChI is InChI=1S/C14H17F2NO4/c1-14(2,3)20-13(19)17-10-6-4-9(11(15)8-10)5-7-12(18)21-16/h4,6,8H,5,7H2,1-3H3,(H,17,19). The molecule has 1 rings (SSSR count). The third kappa shape index (κ3) is 6.20. The molecule has 0 bridgehead atoms. The number of rotatable bonds is 4. The van der Waals surface area contributed by atoms with Gasteiger partial charge in [-0.05, 0) is 44.9 Å². The maximum Gasteiger partial charge on any atom is 0.412 e. The van der Waals surface area contributed by atoms with E-state index in [0.29, 0.717) is 0 Å². The van der Waals surface area contributed by atoms with Crippen molar-refractivity contribution in [1.29, 1.82) is 0 Å². The molecule has 0 saturated heterocycles. The summed E-state index contributed by atoms with van der Waals surface area (Å²) in [5.41, 5.74) is -0.219. The summed E-state index contributed by atoms with van der Waals surface area (Å²) in [4.78, 5) is 25.2. The summed E-state index contributed by atoms with van der Waals surface area (Å²) in [6, 6.07) is 3.96. The zero-order chi connectivity index (χ0) is 16.0. The molecule has 1 aromatic rings. The number of carbonyl (C=O) groups is 2. The number of hydrogen-bond donors (Lipinski definition) is 1. The quantitative estimate of drug-likeness (QED) is 0.924. The first-order chi connectivity index (χ1) is 9.71. The van der Waals surface area contributed by atoms with Crippen molar-refractivity contribution >= 4 is 17.7 Å². The molecule has 7 heteroatoms. The number of aryl methyl sites for hydroxylation is 1. The van der Waals surface area contributed by atoms with E-state index in [9.17, 15) is 18.5 Å². The Labute approximate surface area is 121 Å². The summed E-state index contributed by atoms with van der Waals surface area (Å²) in [5.74, 6) is -1.68. The number of benzene rings is 1. The second-order valence-electron chi connectivity index (χ2n) is 5.38. The van der Waals surface area contributed by atoms with Gasteiger partial charge >= 0.3 is 12.1 Å². The second kappa shape index (κ2) is 7.01. The smallest absolute Gasteiger partial charge is 0.412 e. The Morgan fingerprint density at radius 2 is 1.95 bits per heavy atom. The van der Waals surface area contributed by atoms with Gasteiger partial charge in [0.2, 0.25) is 0 Å². The first kappa shape index (κ1) is 16.9. The van der Waals surface area contributed by atoms with E-state index >= 15 is 0 Å². The number of nitrogens with one attached hydrogen (secondary N) is 1. The zero-order valence-electron chi connectivity index (χ0n) is 12.0. The van der Waals surface area contributed by atoms with Gasteiger partial charge in [-0.15, -0.1) is 0 Å². The van der Waals surface area contributed by atoms with Crippen LogP contribution in [-0.4, -0.2) is 17.7 Å². The first-order valence-corrected chi connectivity index (χ1v) is 6.31. The molecule has 0 saturated carbocycles. The topological polar surface area (TPSA) is 64.6 Å². The molecule has 0 aliphatic heterocycles. The van der Waals surface area contributed by atoms with Crippen LogP contribution in [-0.2, 0) is 20.9 Å². The molecular formula is C14H17F2NO4. The molecule has 1 aromatic carbocycles. The van der Waals surface area contributed by atoms with E-state index in [4.69, 9.17) is 4.74 Å². The van der Waals surface area contributed by atoms with Crippen LogP contribution in [0.1, 0.15) is 32.8 Å². The fourth-order valence-corrected chi connectivity index (χ4v) is 1.52. The van der Waals surface area contributed by atoms with Crippen molar-refractivity contribution in [2.24, 2.45) is 0 Å². The largest absolute Gasteiger partial charge is 0.444 e. The lowest BCUT2D eigenvalue weighted by Gasteiger charge is -2.19. The van der Waals surface area contributed by atoms with Crippen LogP contribution in [0.15, 0.2) is 18.2 Å². The van der Waals surface area contributed by atoms with Crippen LogP contribution in [0.25, 0.3) is 0 Å². The summed E-state index contributed by atoms with van der Waals surface area (Å²) in [5, 5.41) is 2.39. The van der Waals surface area contributed by atoms with Gasteiger partial charge in [0.25, 0.3) is 0 Å². The molecule has 0 aliphatic carbocycles. The summed E-state index contributed by atoms with van der Waals surface area (Å²) in [7, 11) is 0. The van der Waals surface area contributed by atoms with Gasteiger partial charge in [-0.25, -0.2) is 14.0 Å². The van der Waals surface area contributed by atoms with Gasteiger partial charge < -0.3 is 4.74 Å². The number of ether oxygens (including phenoxy) is 1. The molecule has 0 atom stereocenters.